The Labute approximate surface area is 109 Å². The van der Waals surface area contributed by atoms with Crippen LogP contribution in [0.1, 0.15) is 32.1 Å². The fraction of sp³-hybridized carbons (Fsp3) is 0.636. The number of rotatable bonds is 4. The summed E-state index contributed by atoms with van der Waals surface area (Å²) in [6.07, 6.45) is 4.26. The van der Waals surface area contributed by atoms with Crippen molar-refractivity contribution in [1.82, 2.24) is 4.98 Å². The molecule has 1 N–H and O–H groups in total. The molecule has 0 amide bonds. The summed E-state index contributed by atoms with van der Waals surface area (Å²) in [7, 11) is 0. The summed E-state index contributed by atoms with van der Waals surface area (Å²) in [5.74, 6) is -0.729. The number of hydrogen-bond donors (Lipinski definition) is 1. The van der Waals surface area contributed by atoms with Gasteiger partial charge in [-0.3, -0.25) is 4.79 Å². The lowest BCUT2D eigenvalue weighted by Gasteiger charge is -2.35. The molecule has 1 aromatic heterocycles. The van der Waals surface area contributed by atoms with Gasteiger partial charge in [0.15, 0.2) is 5.13 Å². The van der Waals surface area contributed by atoms with Gasteiger partial charge >= 0.3 is 5.97 Å². The van der Waals surface area contributed by atoms with Crippen LogP contribution in [0, 0.1) is 0 Å². The highest BCUT2D eigenvalue weighted by atomic mass is 35.5. The maximum Gasteiger partial charge on any atom is 0.303 e. The van der Waals surface area contributed by atoms with Crippen molar-refractivity contribution < 1.29 is 9.90 Å². The predicted octanol–water partition coefficient (Wildman–Crippen LogP) is 3.02. The van der Waals surface area contributed by atoms with Crippen LogP contribution in [-0.4, -0.2) is 28.6 Å². The van der Waals surface area contributed by atoms with Gasteiger partial charge in [0, 0.05) is 24.4 Å². The van der Waals surface area contributed by atoms with Gasteiger partial charge in [0.05, 0.1) is 0 Å². The summed E-state index contributed by atoms with van der Waals surface area (Å²) in [5.41, 5.74) is 0. The van der Waals surface area contributed by atoms with E-state index in [9.17, 15) is 4.79 Å². The number of thiazole rings is 1. The van der Waals surface area contributed by atoms with E-state index in [2.05, 4.69) is 9.88 Å². The Balaban J connectivity index is 2.04. The third-order valence-electron chi connectivity index (χ3n) is 3.03. The van der Waals surface area contributed by atoms with Crippen molar-refractivity contribution in [3.8, 4) is 0 Å². The topological polar surface area (TPSA) is 53.4 Å². The van der Waals surface area contributed by atoms with Gasteiger partial charge in [0.25, 0.3) is 0 Å². The molecule has 0 aromatic carbocycles. The SMILES string of the molecule is O=C(O)CCC1CCCCN1c1nc(Cl)cs1. The van der Waals surface area contributed by atoms with E-state index >= 15 is 0 Å². The molecule has 0 spiro atoms. The minimum Gasteiger partial charge on any atom is -0.481 e. The maximum absolute atomic E-state index is 10.6. The van der Waals surface area contributed by atoms with Gasteiger partial charge in [-0.05, 0) is 25.7 Å². The van der Waals surface area contributed by atoms with E-state index in [1.54, 1.807) is 0 Å². The lowest BCUT2D eigenvalue weighted by Crippen LogP contribution is -2.39. The normalized spacial score (nSPS) is 20.5. The molecule has 94 valence electrons. The van der Waals surface area contributed by atoms with Gasteiger partial charge in [-0.15, -0.1) is 11.3 Å². The molecule has 0 aliphatic carbocycles. The third-order valence-corrected chi connectivity index (χ3v) is 4.23. The number of aliphatic carboxylic acids is 1. The summed E-state index contributed by atoms with van der Waals surface area (Å²) >= 11 is 7.36. The van der Waals surface area contributed by atoms with Crippen molar-refractivity contribution in [3.63, 3.8) is 0 Å². The van der Waals surface area contributed by atoms with Crippen LogP contribution in [-0.2, 0) is 4.79 Å². The zero-order chi connectivity index (χ0) is 12.3. The van der Waals surface area contributed by atoms with Crippen molar-refractivity contribution in [2.75, 3.05) is 11.4 Å². The summed E-state index contributed by atoms with van der Waals surface area (Å²) in [5, 5.41) is 12.0. The summed E-state index contributed by atoms with van der Waals surface area (Å²) < 4.78 is 0. The largest absolute Gasteiger partial charge is 0.481 e. The Hall–Kier alpha value is -0.810. The molecule has 6 heteroatoms. The van der Waals surface area contributed by atoms with E-state index in [4.69, 9.17) is 16.7 Å². The summed E-state index contributed by atoms with van der Waals surface area (Å²) in [6.45, 7) is 0.953. The van der Waals surface area contributed by atoms with E-state index in [0.717, 1.165) is 24.5 Å². The summed E-state index contributed by atoms with van der Waals surface area (Å²) in [6, 6.07) is 0.294. The van der Waals surface area contributed by atoms with Crippen LogP contribution in [0.25, 0.3) is 0 Å². The highest BCUT2D eigenvalue weighted by Crippen LogP contribution is 2.30. The van der Waals surface area contributed by atoms with Crippen LogP contribution in [0.3, 0.4) is 0 Å². The number of nitrogens with zero attached hydrogens (tertiary/aromatic N) is 2. The minimum absolute atomic E-state index is 0.222. The van der Waals surface area contributed by atoms with Crippen molar-refractivity contribution >= 4 is 34.0 Å². The van der Waals surface area contributed by atoms with E-state index in [1.165, 1.54) is 17.8 Å². The Morgan fingerprint density at radius 1 is 1.65 bits per heavy atom. The van der Waals surface area contributed by atoms with Crippen molar-refractivity contribution in [2.24, 2.45) is 0 Å². The number of carboxylic acids is 1. The summed E-state index contributed by atoms with van der Waals surface area (Å²) in [4.78, 5) is 17.1. The number of halogens is 1. The average Bonchev–Trinajstić information content (AvgIpc) is 2.73. The van der Waals surface area contributed by atoms with E-state index in [-0.39, 0.29) is 6.42 Å². The first-order valence-electron chi connectivity index (χ1n) is 5.76. The minimum atomic E-state index is -0.729. The number of anilines is 1. The molecule has 1 aromatic rings. The Morgan fingerprint density at radius 2 is 2.47 bits per heavy atom. The van der Waals surface area contributed by atoms with Crippen LogP contribution in [0.4, 0.5) is 5.13 Å². The molecule has 1 aliphatic rings. The van der Waals surface area contributed by atoms with Crippen molar-refractivity contribution in [3.05, 3.63) is 10.5 Å². The molecule has 2 heterocycles. The first-order chi connectivity index (χ1) is 8.16. The molecule has 1 aliphatic heterocycles. The number of carbonyl (C=O) groups is 1. The molecule has 1 saturated heterocycles. The van der Waals surface area contributed by atoms with Gasteiger partial charge < -0.3 is 10.0 Å². The molecule has 0 radical (unpaired) electrons. The number of carboxylic acid groups (broad SMARTS) is 1. The van der Waals surface area contributed by atoms with Gasteiger partial charge in [-0.25, -0.2) is 4.98 Å². The van der Waals surface area contributed by atoms with Crippen LogP contribution in [0.15, 0.2) is 5.38 Å². The van der Waals surface area contributed by atoms with Crippen LogP contribution >= 0.6 is 22.9 Å². The second kappa shape index (κ2) is 5.69. The molecular weight excluding hydrogens is 260 g/mol. The molecular formula is C11H15ClN2O2S. The van der Waals surface area contributed by atoms with Crippen molar-refractivity contribution in [2.45, 2.75) is 38.1 Å². The lowest BCUT2D eigenvalue weighted by molar-refractivity contribution is -0.137. The highest BCUT2D eigenvalue weighted by Gasteiger charge is 2.25. The standard InChI is InChI=1S/C11H15ClN2O2S/c12-9-7-17-11(13-9)14-6-2-1-3-8(14)4-5-10(15)16/h7-8H,1-6H2,(H,15,16). The van der Waals surface area contributed by atoms with Crippen molar-refractivity contribution in [1.29, 1.82) is 0 Å². The molecule has 0 saturated carbocycles. The molecule has 0 bridgehead atoms. The highest BCUT2D eigenvalue weighted by molar-refractivity contribution is 7.14. The van der Waals surface area contributed by atoms with Gasteiger partial charge in [0.2, 0.25) is 0 Å². The van der Waals surface area contributed by atoms with Crippen LogP contribution in [0.5, 0.6) is 0 Å². The lowest BCUT2D eigenvalue weighted by atomic mass is 9.98. The van der Waals surface area contributed by atoms with E-state index < -0.39 is 5.97 Å². The van der Waals surface area contributed by atoms with Gasteiger partial charge in [-0.1, -0.05) is 11.6 Å². The smallest absolute Gasteiger partial charge is 0.303 e. The number of hydrogen-bond acceptors (Lipinski definition) is 4. The average molecular weight is 275 g/mol. The predicted molar refractivity (Wildman–Crippen MR) is 69.0 cm³/mol. The Morgan fingerprint density at radius 3 is 3.12 bits per heavy atom. The zero-order valence-electron chi connectivity index (χ0n) is 9.43. The molecule has 1 unspecified atom stereocenters. The molecule has 4 nitrogen and oxygen atoms in total. The fourth-order valence-electron chi connectivity index (χ4n) is 2.22. The molecule has 2 rings (SSSR count). The molecule has 17 heavy (non-hydrogen) atoms. The monoisotopic (exact) mass is 274 g/mol. The maximum atomic E-state index is 10.6. The van der Waals surface area contributed by atoms with Gasteiger partial charge in [-0.2, -0.15) is 0 Å². The second-order valence-electron chi connectivity index (χ2n) is 4.23. The van der Waals surface area contributed by atoms with Crippen LogP contribution < -0.4 is 4.90 Å². The first kappa shape index (κ1) is 12.6. The van der Waals surface area contributed by atoms with Gasteiger partial charge in [0.1, 0.15) is 5.15 Å². The second-order valence-corrected chi connectivity index (χ2v) is 5.45. The molecule has 1 fully saturated rings. The van der Waals surface area contributed by atoms with E-state index in [0.29, 0.717) is 17.6 Å². The number of piperidine rings is 1. The van der Waals surface area contributed by atoms with Crippen LogP contribution in [0.2, 0.25) is 5.15 Å². The molecule has 1 atom stereocenters. The first-order valence-corrected chi connectivity index (χ1v) is 7.02. The fourth-order valence-corrected chi connectivity index (χ4v) is 3.27. The van der Waals surface area contributed by atoms with E-state index in [1.807, 2.05) is 5.38 Å². The quantitative estimate of drug-likeness (QED) is 0.917. The zero-order valence-corrected chi connectivity index (χ0v) is 11.0. The number of aromatic nitrogens is 1. The Kier molecular flexibility index (Phi) is 4.23. The third kappa shape index (κ3) is 3.33. The Bertz CT molecular complexity index is 397.